The summed E-state index contributed by atoms with van der Waals surface area (Å²) in [4.78, 5) is 12.2. The van der Waals surface area contributed by atoms with Gasteiger partial charge in [0.2, 0.25) is 0 Å². The molecule has 1 aliphatic carbocycles. The van der Waals surface area contributed by atoms with Crippen LogP contribution in [0.5, 0.6) is 11.5 Å². The molecule has 3 rings (SSSR count). The maximum atomic E-state index is 12.2. The summed E-state index contributed by atoms with van der Waals surface area (Å²) in [6, 6.07) is 13.5. The highest BCUT2D eigenvalue weighted by Crippen LogP contribution is 2.28. The number of benzene rings is 2. The zero-order chi connectivity index (χ0) is 21.2. The van der Waals surface area contributed by atoms with E-state index in [2.05, 4.69) is 16.7 Å². The van der Waals surface area contributed by atoms with Crippen molar-refractivity contribution in [2.24, 2.45) is 0 Å². The van der Waals surface area contributed by atoms with E-state index in [0.29, 0.717) is 11.5 Å². The van der Waals surface area contributed by atoms with E-state index >= 15 is 0 Å². The number of hydrogen-bond donors (Lipinski definition) is 2. The molecule has 0 bridgehead atoms. The predicted molar refractivity (Wildman–Crippen MR) is 121 cm³/mol. The molecule has 0 unspecified atom stereocenters. The SMILES string of the molecule is COc1cc(CNCCC2=CCCCC2)ccc1OCC(=O)Nc1ccc(C)cc1. The first-order chi connectivity index (χ1) is 14.6. The Bertz CT molecular complexity index is 859. The molecule has 160 valence electrons. The predicted octanol–water partition coefficient (Wildman–Crippen LogP) is 5.00. The van der Waals surface area contributed by atoms with Crippen molar-refractivity contribution in [3.05, 3.63) is 65.2 Å². The first-order valence-corrected chi connectivity index (χ1v) is 10.7. The number of hydrogen-bond acceptors (Lipinski definition) is 4. The third-order valence-corrected chi connectivity index (χ3v) is 5.26. The molecule has 0 radical (unpaired) electrons. The Kier molecular flexibility index (Phi) is 8.33. The number of carbonyl (C=O) groups is 1. The van der Waals surface area contributed by atoms with E-state index in [1.54, 1.807) is 12.7 Å². The minimum absolute atomic E-state index is 0.0725. The Balaban J connectivity index is 1.45. The fraction of sp³-hybridized carbons (Fsp3) is 0.400. The summed E-state index contributed by atoms with van der Waals surface area (Å²) in [6.07, 6.45) is 8.66. The van der Waals surface area contributed by atoms with Gasteiger partial charge in [0.1, 0.15) is 0 Å². The van der Waals surface area contributed by atoms with E-state index in [-0.39, 0.29) is 12.5 Å². The van der Waals surface area contributed by atoms with Gasteiger partial charge < -0.3 is 20.1 Å². The molecule has 30 heavy (non-hydrogen) atoms. The van der Waals surface area contributed by atoms with Crippen LogP contribution in [0.15, 0.2) is 54.1 Å². The van der Waals surface area contributed by atoms with Crippen molar-refractivity contribution in [3.63, 3.8) is 0 Å². The molecular formula is C25H32N2O3. The minimum atomic E-state index is -0.205. The topological polar surface area (TPSA) is 59.6 Å². The molecule has 5 heteroatoms. The first-order valence-electron chi connectivity index (χ1n) is 10.7. The number of aryl methyl sites for hydroxylation is 1. The van der Waals surface area contributed by atoms with Gasteiger partial charge in [0.05, 0.1) is 7.11 Å². The summed E-state index contributed by atoms with van der Waals surface area (Å²) < 4.78 is 11.1. The maximum absolute atomic E-state index is 12.2. The second kappa shape index (κ2) is 11.4. The molecule has 2 N–H and O–H groups in total. The van der Waals surface area contributed by atoms with Gasteiger partial charge in [0.25, 0.3) is 5.91 Å². The van der Waals surface area contributed by atoms with Crippen LogP contribution in [-0.4, -0.2) is 26.2 Å². The molecule has 0 fully saturated rings. The van der Waals surface area contributed by atoms with Gasteiger partial charge in [-0.1, -0.05) is 35.4 Å². The Labute approximate surface area is 179 Å². The normalized spacial score (nSPS) is 13.5. The minimum Gasteiger partial charge on any atom is -0.493 e. The van der Waals surface area contributed by atoms with Crippen molar-refractivity contribution in [3.8, 4) is 11.5 Å². The lowest BCUT2D eigenvalue weighted by Crippen LogP contribution is -2.20. The largest absolute Gasteiger partial charge is 0.493 e. The zero-order valence-electron chi connectivity index (χ0n) is 18.0. The molecule has 1 amide bonds. The van der Waals surface area contributed by atoms with E-state index in [0.717, 1.165) is 36.3 Å². The molecular weight excluding hydrogens is 376 g/mol. The number of carbonyl (C=O) groups excluding carboxylic acids is 1. The highest BCUT2D eigenvalue weighted by molar-refractivity contribution is 5.91. The quantitative estimate of drug-likeness (QED) is 0.429. The van der Waals surface area contributed by atoms with Gasteiger partial charge in [-0.05, 0) is 75.4 Å². The summed E-state index contributed by atoms with van der Waals surface area (Å²) >= 11 is 0. The van der Waals surface area contributed by atoms with Crippen LogP contribution in [0.2, 0.25) is 0 Å². The highest BCUT2D eigenvalue weighted by atomic mass is 16.5. The molecule has 0 aliphatic heterocycles. The summed E-state index contributed by atoms with van der Waals surface area (Å²) in [5.74, 6) is 0.990. The molecule has 1 aliphatic rings. The van der Waals surface area contributed by atoms with E-state index in [1.165, 1.54) is 25.7 Å². The zero-order valence-corrected chi connectivity index (χ0v) is 18.0. The molecule has 0 aromatic heterocycles. The monoisotopic (exact) mass is 408 g/mol. The van der Waals surface area contributed by atoms with Gasteiger partial charge in [-0.2, -0.15) is 0 Å². The van der Waals surface area contributed by atoms with Crippen LogP contribution in [-0.2, 0) is 11.3 Å². The van der Waals surface area contributed by atoms with Crippen LogP contribution in [0.25, 0.3) is 0 Å². The molecule has 0 saturated heterocycles. The van der Waals surface area contributed by atoms with Crippen molar-refractivity contribution in [1.29, 1.82) is 0 Å². The van der Waals surface area contributed by atoms with Gasteiger partial charge in [0, 0.05) is 12.2 Å². The number of rotatable bonds is 10. The lowest BCUT2D eigenvalue weighted by Gasteiger charge is -2.14. The first kappa shape index (κ1) is 21.9. The second-order valence-electron chi connectivity index (χ2n) is 7.72. The highest BCUT2D eigenvalue weighted by Gasteiger charge is 2.09. The third kappa shape index (κ3) is 6.92. The summed E-state index contributed by atoms with van der Waals surface area (Å²) in [5, 5.41) is 6.33. The molecule has 0 spiro atoms. The Hall–Kier alpha value is -2.79. The van der Waals surface area contributed by atoms with Gasteiger partial charge in [-0.3, -0.25) is 4.79 Å². The van der Waals surface area contributed by atoms with Crippen LogP contribution in [0.3, 0.4) is 0 Å². The average molecular weight is 409 g/mol. The van der Waals surface area contributed by atoms with Crippen LogP contribution >= 0.6 is 0 Å². The van der Waals surface area contributed by atoms with Crippen LogP contribution in [0, 0.1) is 6.92 Å². The average Bonchev–Trinajstić information content (AvgIpc) is 2.78. The molecule has 2 aromatic rings. The van der Waals surface area contributed by atoms with Gasteiger partial charge in [-0.25, -0.2) is 0 Å². The second-order valence-corrected chi connectivity index (χ2v) is 7.72. The van der Waals surface area contributed by atoms with E-state index < -0.39 is 0 Å². The van der Waals surface area contributed by atoms with E-state index in [4.69, 9.17) is 9.47 Å². The standard InChI is InChI=1S/C25H32N2O3/c1-19-8-11-22(12-9-19)27-25(28)18-30-23-13-10-21(16-24(23)29-2)17-26-15-14-20-6-4-3-5-7-20/h6,8-13,16,26H,3-5,7,14-15,17-18H2,1-2H3,(H,27,28). The summed E-state index contributed by atoms with van der Waals surface area (Å²) in [6.45, 7) is 3.69. The Morgan fingerprint density at radius 3 is 2.63 bits per heavy atom. The number of anilines is 1. The van der Waals surface area contributed by atoms with Gasteiger partial charge in [-0.15, -0.1) is 0 Å². The summed E-state index contributed by atoms with van der Waals surface area (Å²) in [7, 11) is 1.61. The number of amides is 1. The summed E-state index contributed by atoms with van der Waals surface area (Å²) in [5.41, 5.74) is 4.61. The smallest absolute Gasteiger partial charge is 0.262 e. The lowest BCUT2D eigenvalue weighted by molar-refractivity contribution is -0.118. The van der Waals surface area contributed by atoms with Crippen molar-refractivity contribution >= 4 is 11.6 Å². The Morgan fingerprint density at radius 1 is 1.07 bits per heavy atom. The van der Waals surface area contributed by atoms with Crippen LogP contribution in [0.1, 0.15) is 43.2 Å². The van der Waals surface area contributed by atoms with Gasteiger partial charge >= 0.3 is 0 Å². The van der Waals surface area contributed by atoms with E-state index in [9.17, 15) is 4.79 Å². The van der Waals surface area contributed by atoms with Crippen LogP contribution in [0.4, 0.5) is 5.69 Å². The number of allylic oxidation sites excluding steroid dienone is 1. The van der Waals surface area contributed by atoms with Crippen molar-refractivity contribution in [2.75, 3.05) is 25.6 Å². The lowest BCUT2D eigenvalue weighted by atomic mass is 9.97. The number of ether oxygens (including phenoxy) is 2. The molecule has 0 atom stereocenters. The van der Waals surface area contributed by atoms with Crippen molar-refractivity contribution < 1.29 is 14.3 Å². The Morgan fingerprint density at radius 2 is 1.90 bits per heavy atom. The maximum Gasteiger partial charge on any atom is 0.262 e. The molecule has 0 heterocycles. The van der Waals surface area contributed by atoms with E-state index in [1.807, 2.05) is 49.4 Å². The molecule has 0 saturated carbocycles. The van der Waals surface area contributed by atoms with Crippen LogP contribution < -0.4 is 20.1 Å². The van der Waals surface area contributed by atoms with Gasteiger partial charge in [0.15, 0.2) is 18.1 Å². The number of nitrogens with one attached hydrogen (secondary N) is 2. The fourth-order valence-electron chi connectivity index (χ4n) is 3.53. The van der Waals surface area contributed by atoms with Crippen molar-refractivity contribution in [2.45, 2.75) is 45.6 Å². The number of methoxy groups -OCH3 is 1. The molecule has 5 nitrogen and oxygen atoms in total. The third-order valence-electron chi connectivity index (χ3n) is 5.26. The fourth-order valence-corrected chi connectivity index (χ4v) is 3.53. The molecule has 2 aromatic carbocycles. The van der Waals surface area contributed by atoms with Crippen molar-refractivity contribution in [1.82, 2.24) is 5.32 Å².